The highest BCUT2D eigenvalue weighted by atomic mass is 35.5. The highest BCUT2D eigenvalue weighted by Gasteiger charge is 2.46. The van der Waals surface area contributed by atoms with Crippen LogP contribution in [0.4, 0.5) is 5.69 Å². The van der Waals surface area contributed by atoms with Gasteiger partial charge in [-0.2, -0.15) is 0 Å². The van der Waals surface area contributed by atoms with E-state index in [1.807, 2.05) is 35.2 Å². The van der Waals surface area contributed by atoms with Crippen LogP contribution in [0.1, 0.15) is 34.3 Å². The van der Waals surface area contributed by atoms with Crippen molar-refractivity contribution in [3.63, 3.8) is 0 Å². The van der Waals surface area contributed by atoms with Gasteiger partial charge in [-0.1, -0.05) is 47.5 Å². The molecule has 0 saturated carbocycles. The number of carbonyl (C=O) groups excluding carboxylic acids is 1. The number of halogens is 2. The van der Waals surface area contributed by atoms with E-state index in [4.69, 9.17) is 27.9 Å². The van der Waals surface area contributed by atoms with Gasteiger partial charge in [0.2, 0.25) is 0 Å². The molecular formula is C28H27Cl2N3O2. The van der Waals surface area contributed by atoms with Gasteiger partial charge in [-0.3, -0.25) is 9.69 Å². The maximum atomic E-state index is 13.4. The van der Waals surface area contributed by atoms with Gasteiger partial charge in [0.25, 0.3) is 5.91 Å². The molecule has 1 amide bonds. The van der Waals surface area contributed by atoms with E-state index < -0.39 is 0 Å². The summed E-state index contributed by atoms with van der Waals surface area (Å²) in [5.74, 6) is 0.805. The number of piperidine rings is 1. The lowest BCUT2D eigenvalue weighted by molar-refractivity contribution is 0.0977. The standard InChI is InChI=1S/C28H27Cl2N3O2/c1-35-23-7-4-20(5-8-23)3-2-14-32-15-11-28(12-16-32)19-33(25-9-6-22(29)18-24(25)28)27(34)21-10-13-31-26(30)17-21/h2-10,13,17-18H,11-12,14-16,19H2,1H3. The second kappa shape index (κ2) is 10.0. The average molecular weight is 508 g/mol. The Morgan fingerprint density at radius 1 is 1.09 bits per heavy atom. The van der Waals surface area contributed by atoms with Gasteiger partial charge < -0.3 is 9.64 Å². The molecule has 1 spiro atoms. The van der Waals surface area contributed by atoms with Crippen LogP contribution < -0.4 is 9.64 Å². The first kappa shape index (κ1) is 23.9. The molecule has 180 valence electrons. The zero-order chi connectivity index (χ0) is 24.4. The highest BCUT2D eigenvalue weighted by molar-refractivity contribution is 6.31. The number of likely N-dealkylation sites (tertiary alicyclic amines) is 1. The number of anilines is 1. The average Bonchev–Trinajstić information content (AvgIpc) is 3.18. The van der Waals surface area contributed by atoms with Crippen LogP contribution in [0.5, 0.6) is 5.75 Å². The van der Waals surface area contributed by atoms with Crippen LogP contribution >= 0.6 is 23.2 Å². The Kier molecular flexibility index (Phi) is 6.83. The summed E-state index contributed by atoms with van der Waals surface area (Å²) in [6.07, 6.45) is 7.87. The highest BCUT2D eigenvalue weighted by Crippen LogP contribution is 2.48. The molecule has 2 aliphatic heterocycles. The number of methoxy groups -OCH3 is 1. The third-order valence-electron chi connectivity index (χ3n) is 7.10. The number of benzene rings is 2. The van der Waals surface area contributed by atoms with Gasteiger partial charge in [0.15, 0.2) is 0 Å². The van der Waals surface area contributed by atoms with E-state index in [-0.39, 0.29) is 11.3 Å². The maximum absolute atomic E-state index is 13.4. The zero-order valence-electron chi connectivity index (χ0n) is 19.6. The number of carbonyl (C=O) groups is 1. The number of nitrogens with zero attached hydrogens (tertiary/aromatic N) is 3. The van der Waals surface area contributed by atoms with E-state index in [9.17, 15) is 4.79 Å². The maximum Gasteiger partial charge on any atom is 0.258 e. The van der Waals surface area contributed by atoms with Crippen LogP contribution in [0.15, 0.2) is 66.9 Å². The number of aromatic nitrogens is 1. The molecule has 0 N–H and O–H groups in total. The summed E-state index contributed by atoms with van der Waals surface area (Å²) in [6.45, 7) is 3.46. The second-order valence-corrected chi connectivity index (χ2v) is 10.0. The first-order valence-electron chi connectivity index (χ1n) is 11.7. The lowest BCUT2D eigenvalue weighted by Gasteiger charge is -2.39. The number of hydrogen-bond donors (Lipinski definition) is 0. The monoisotopic (exact) mass is 507 g/mol. The first-order valence-corrected chi connectivity index (χ1v) is 12.5. The number of pyridine rings is 1. The fourth-order valence-electron chi connectivity index (χ4n) is 5.16. The van der Waals surface area contributed by atoms with Crippen molar-refractivity contribution in [1.29, 1.82) is 0 Å². The minimum absolute atomic E-state index is 0.0559. The molecule has 1 saturated heterocycles. The number of fused-ring (bicyclic) bond motifs is 2. The predicted molar refractivity (Wildman–Crippen MR) is 142 cm³/mol. The van der Waals surface area contributed by atoms with Crippen LogP contribution in [-0.2, 0) is 5.41 Å². The van der Waals surface area contributed by atoms with Gasteiger partial charge in [0.1, 0.15) is 10.9 Å². The van der Waals surface area contributed by atoms with Crippen LogP contribution in [0.25, 0.3) is 6.08 Å². The molecule has 0 aliphatic carbocycles. The summed E-state index contributed by atoms with van der Waals surface area (Å²) in [4.78, 5) is 21.8. The Bertz CT molecular complexity index is 1250. The summed E-state index contributed by atoms with van der Waals surface area (Å²) in [5, 5.41) is 1.02. The van der Waals surface area contributed by atoms with Gasteiger partial charge in [-0.05, 0) is 79.5 Å². The molecule has 5 nitrogen and oxygen atoms in total. The quantitative estimate of drug-likeness (QED) is 0.391. The molecular weight excluding hydrogens is 481 g/mol. The van der Waals surface area contributed by atoms with Crippen molar-refractivity contribution in [2.75, 3.05) is 38.2 Å². The molecule has 3 aromatic rings. The lowest BCUT2D eigenvalue weighted by Crippen LogP contribution is -2.46. The van der Waals surface area contributed by atoms with E-state index in [1.54, 1.807) is 25.4 Å². The summed E-state index contributed by atoms with van der Waals surface area (Å²) in [6, 6.07) is 17.3. The molecule has 0 unspecified atom stereocenters. The second-order valence-electron chi connectivity index (χ2n) is 9.18. The van der Waals surface area contributed by atoms with Gasteiger partial charge >= 0.3 is 0 Å². The van der Waals surface area contributed by atoms with Crippen LogP contribution in [0.2, 0.25) is 10.2 Å². The minimum Gasteiger partial charge on any atom is -0.497 e. The predicted octanol–water partition coefficient (Wildman–Crippen LogP) is 6.10. The van der Waals surface area contributed by atoms with Crippen molar-refractivity contribution in [3.8, 4) is 5.75 Å². The zero-order valence-corrected chi connectivity index (χ0v) is 21.1. The van der Waals surface area contributed by atoms with Gasteiger partial charge in [-0.15, -0.1) is 0 Å². The molecule has 3 heterocycles. The van der Waals surface area contributed by atoms with Crippen molar-refractivity contribution in [1.82, 2.24) is 9.88 Å². The van der Waals surface area contributed by atoms with Gasteiger partial charge in [-0.25, -0.2) is 4.98 Å². The van der Waals surface area contributed by atoms with E-state index in [1.165, 1.54) is 5.56 Å². The summed E-state index contributed by atoms with van der Waals surface area (Å²) in [5.41, 5.74) is 3.73. The van der Waals surface area contributed by atoms with Crippen molar-refractivity contribution in [2.45, 2.75) is 18.3 Å². The first-order chi connectivity index (χ1) is 17.0. The third kappa shape index (κ3) is 4.94. The fraction of sp³-hybridized carbons (Fsp3) is 0.286. The van der Waals surface area contributed by atoms with Gasteiger partial charge in [0, 0.05) is 41.0 Å². The van der Waals surface area contributed by atoms with Crippen molar-refractivity contribution >= 4 is 40.9 Å². The number of hydrogen-bond acceptors (Lipinski definition) is 4. The Hall–Kier alpha value is -2.86. The Morgan fingerprint density at radius 3 is 2.57 bits per heavy atom. The molecule has 2 aliphatic rings. The Labute approximate surface area is 215 Å². The molecule has 0 bridgehead atoms. The molecule has 0 atom stereocenters. The van der Waals surface area contributed by atoms with Gasteiger partial charge in [0.05, 0.1) is 7.11 Å². The minimum atomic E-state index is -0.0943. The Balaban J connectivity index is 1.29. The summed E-state index contributed by atoms with van der Waals surface area (Å²) < 4.78 is 5.23. The largest absolute Gasteiger partial charge is 0.497 e. The SMILES string of the molecule is COc1ccc(C=CCN2CCC3(CC2)CN(C(=O)c2ccnc(Cl)c2)c2ccc(Cl)cc23)cc1. The topological polar surface area (TPSA) is 45.7 Å². The number of rotatable bonds is 5. The smallest absolute Gasteiger partial charge is 0.258 e. The lowest BCUT2D eigenvalue weighted by atomic mass is 9.74. The van der Waals surface area contributed by atoms with Crippen LogP contribution in [0.3, 0.4) is 0 Å². The molecule has 5 rings (SSSR count). The number of amides is 1. The Morgan fingerprint density at radius 2 is 1.86 bits per heavy atom. The van der Waals surface area contributed by atoms with Crippen LogP contribution in [-0.4, -0.2) is 49.1 Å². The third-order valence-corrected chi connectivity index (χ3v) is 7.54. The number of ether oxygens (including phenoxy) is 1. The normalized spacial score (nSPS) is 17.2. The van der Waals surface area contributed by atoms with Crippen LogP contribution in [0, 0.1) is 0 Å². The molecule has 1 aromatic heterocycles. The van der Waals surface area contributed by atoms with E-state index in [0.717, 1.165) is 49.5 Å². The summed E-state index contributed by atoms with van der Waals surface area (Å²) >= 11 is 12.5. The van der Waals surface area contributed by atoms with E-state index in [2.05, 4.69) is 34.2 Å². The van der Waals surface area contributed by atoms with Crippen molar-refractivity contribution in [2.24, 2.45) is 0 Å². The molecule has 35 heavy (non-hydrogen) atoms. The van der Waals surface area contributed by atoms with E-state index in [0.29, 0.717) is 22.3 Å². The van der Waals surface area contributed by atoms with E-state index >= 15 is 0 Å². The molecule has 2 aromatic carbocycles. The summed E-state index contributed by atoms with van der Waals surface area (Å²) in [7, 11) is 1.68. The molecule has 1 fully saturated rings. The molecule has 7 heteroatoms. The fourth-order valence-corrected chi connectivity index (χ4v) is 5.50. The van der Waals surface area contributed by atoms with Crippen molar-refractivity contribution in [3.05, 3.63) is 93.7 Å². The van der Waals surface area contributed by atoms with Crippen molar-refractivity contribution < 1.29 is 9.53 Å². The molecule has 0 radical (unpaired) electrons.